The van der Waals surface area contributed by atoms with Crippen molar-refractivity contribution in [2.24, 2.45) is 10.7 Å². The number of hydrogen-bond donors (Lipinski definition) is 2. The van der Waals surface area contributed by atoms with Crippen LogP contribution in [0.3, 0.4) is 0 Å². The summed E-state index contributed by atoms with van der Waals surface area (Å²) >= 11 is 3.44. The molecule has 1 aromatic rings. The van der Waals surface area contributed by atoms with Crippen LogP contribution in [0.4, 0.5) is 5.69 Å². The van der Waals surface area contributed by atoms with Crippen molar-refractivity contribution >= 4 is 27.6 Å². The van der Waals surface area contributed by atoms with E-state index in [-0.39, 0.29) is 0 Å². The number of halogens is 1. The molecule has 0 saturated heterocycles. The summed E-state index contributed by atoms with van der Waals surface area (Å²) in [5, 5.41) is 3.06. The van der Waals surface area contributed by atoms with Gasteiger partial charge < -0.3 is 11.1 Å². The van der Waals surface area contributed by atoms with Crippen LogP contribution in [0.1, 0.15) is 11.1 Å². The predicted octanol–water partition coefficient (Wildman–Crippen LogP) is 2.42. The maximum atomic E-state index is 5.61. The Bertz CT molecular complexity index is 349. The maximum Gasteiger partial charge on any atom is 0.192 e. The average molecular weight is 256 g/mol. The third-order valence-corrected chi connectivity index (χ3v) is 2.45. The van der Waals surface area contributed by atoms with Crippen molar-refractivity contribution in [3.8, 4) is 0 Å². The van der Waals surface area contributed by atoms with Gasteiger partial charge in [0.15, 0.2) is 5.96 Å². The summed E-state index contributed by atoms with van der Waals surface area (Å²) in [6.07, 6.45) is 0. The van der Waals surface area contributed by atoms with E-state index in [1.807, 2.05) is 26.0 Å². The average Bonchev–Trinajstić information content (AvgIpc) is 2.10. The number of aliphatic imine (C=N–C) groups is 1. The van der Waals surface area contributed by atoms with Gasteiger partial charge in [-0.15, -0.1) is 0 Å². The second-order valence-electron chi connectivity index (χ2n) is 3.15. The molecule has 1 aromatic carbocycles. The lowest BCUT2D eigenvalue weighted by Crippen LogP contribution is -2.23. The number of guanidine groups is 1. The van der Waals surface area contributed by atoms with E-state index < -0.39 is 0 Å². The molecular formula is C10H14BrN3. The fourth-order valence-electron chi connectivity index (χ4n) is 1.29. The van der Waals surface area contributed by atoms with Crippen molar-refractivity contribution in [3.05, 3.63) is 27.7 Å². The fourth-order valence-corrected chi connectivity index (χ4v) is 1.98. The van der Waals surface area contributed by atoms with Gasteiger partial charge >= 0.3 is 0 Å². The Balaban J connectivity index is 3.09. The van der Waals surface area contributed by atoms with E-state index in [0.717, 1.165) is 21.3 Å². The number of hydrogen-bond acceptors (Lipinski definition) is 1. The Labute approximate surface area is 92.5 Å². The standard InChI is InChI=1S/C10H14BrN3/c1-6-4-8(11)5-7(2)9(6)14-10(12)13-3/h4-5H,1-3H3,(H3,12,13,14). The summed E-state index contributed by atoms with van der Waals surface area (Å²) in [4.78, 5) is 3.86. The second kappa shape index (κ2) is 4.46. The number of nitrogens with two attached hydrogens (primary N) is 1. The van der Waals surface area contributed by atoms with Gasteiger partial charge in [-0.25, -0.2) is 0 Å². The monoisotopic (exact) mass is 255 g/mol. The third kappa shape index (κ3) is 2.48. The molecule has 0 saturated carbocycles. The van der Waals surface area contributed by atoms with E-state index in [9.17, 15) is 0 Å². The highest BCUT2D eigenvalue weighted by molar-refractivity contribution is 9.10. The highest BCUT2D eigenvalue weighted by Crippen LogP contribution is 2.24. The molecule has 14 heavy (non-hydrogen) atoms. The van der Waals surface area contributed by atoms with Crippen LogP contribution < -0.4 is 11.1 Å². The van der Waals surface area contributed by atoms with Crippen LogP contribution in [0.15, 0.2) is 21.6 Å². The van der Waals surface area contributed by atoms with Gasteiger partial charge in [0.1, 0.15) is 0 Å². The van der Waals surface area contributed by atoms with Gasteiger partial charge in [0.25, 0.3) is 0 Å². The van der Waals surface area contributed by atoms with Crippen LogP contribution in [0.25, 0.3) is 0 Å². The van der Waals surface area contributed by atoms with Crippen molar-refractivity contribution in [1.29, 1.82) is 0 Å². The molecule has 0 heterocycles. The lowest BCUT2D eigenvalue weighted by atomic mass is 10.1. The summed E-state index contributed by atoms with van der Waals surface area (Å²) in [5.74, 6) is 0.429. The third-order valence-electron chi connectivity index (χ3n) is 1.99. The number of nitrogens with zero attached hydrogens (tertiary/aromatic N) is 1. The number of benzene rings is 1. The Kier molecular flexibility index (Phi) is 3.52. The van der Waals surface area contributed by atoms with Gasteiger partial charge in [0, 0.05) is 17.2 Å². The van der Waals surface area contributed by atoms with Gasteiger partial charge in [-0.05, 0) is 37.1 Å². The van der Waals surface area contributed by atoms with Crippen LogP contribution >= 0.6 is 15.9 Å². The summed E-state index contributed by atoms with van der Waals surface area (Å²) in [6.45, 7) is 4.06. The first kappa shape index (κ1) is 11.0. The normalized spacial score (nSPS) is 11.6. The van der Waals surface area contributed by atoms with E-state index in [1.54, 1.807) is 7.05 Å². The zero-order valence-corrected chi connectivity index (χ0v) is 10.1. The second-order valence-corrected chi connectivity index (χ2v) is 4.06. The Morgan fingerprint density at radius 3 is 2.29 bits per heavy atom. The van der Waals surface area contributed by atoms with Crippen molar-refractivity contribution in [2.75, 3.05) is 12.4 Å². The van der Waals surface area contributed by atoms with Gasteiger partial charge in [-0.2, -0.15) is 0 Å². The molecule has 76 valence electrons. The molecule has 4 heteroatoms. The highest BCUT2D eigenvalue weighted by Gasteiger charge is 2.04. The number of aryl methyl sites for hydroxylation is 2. The Hall–Kier alpha value is -1.03. The Morgan fingerprint density at radius 2 is 1.86 bits per heavy atom. The maximum absolute atomic E-state index is 5.61. The van der Waals surface area contributed by atoms with Crippen molar-refractivity contribution < 1.29 is 0 Å². The molecule has 0 amide bonds. The minimum atomic E-state index is 0.429. The van der Waals surface area contributed by atoms with Crippen LogP contribution in [-0.4, -0.2) is 13.0 Å². The van der Waals surface area contributed by atoms with Crippen LogP contribution in [0.5, 0.6) is 0 Å². The fraction of sp³-hybridized carbons (Fsp3) is 0.300. The van der Waals surface area contributed by atoms with Gasteiger partial charge in [0.2, 0.25) is 0 Å². The summed E-state index contributed by atoms with van der Waals surface area (Å²) in [7, 11) is 1.66. The van der Waals surface area contributed by atoms with Gasteiger partial charge in [0.05, 0.1) is 0 Å². The van der Waals surface area contributed by atoms with E-state index >= 15 is 0 Å². The molecule has 0 atom stereocenters. The molecule has 0 radical (unpaired) electrons. The topological polar surface area (TPSA) is 50.4 Å². The lowest BCUT2D eigenvalue weighted by molar-refractivity contribution is 1.32. The van der Waals surface area contributed by atoms with Crippen LogP contribution in [0.2, 0.25) is 0 Å². The summed E-state index contributed by atoms with van der Waals surface area (Å²) in [6, 6.07) is 4.08. The first-order chi connectivity index (χ1) is 6.54. The van der Waals surface area contributed by atoms with Crippen molar-refractivity contribution in [3.63, 3.8) is 0 Å². The molecule has 0 aromatic heterocycles. The molecule has 1 rings (SSSR count). The van der Waals surface area contributed by atoms with E-state index in [2.05, 4.69) is 26.2 Å². The smallest absolute Gasteiger partial charge is 0.192 e. The van der Waals surface area contributed by atoms with Crippen LogP contribution in [-0.2, 0) is 0 Å². The minimum absolute atomic E-state index is 0.429. The molecule has 0 aliphatic heterocycles. The van der Waals surface area contributed by atoms with Gasteiger partial charge in [-0.1, -0.05) is 15.9 Å². The molecule has 0 spiro atoms. The van der Waals surface area contributed by atoms with E-state index in [4.69, 9.17) is 5.73 Å². The number of rotatable bonds is 1. The summed E-state index contributed by atoms with van der Waals surface area (Å²) in [5.41, 5.74) is 8.92. The first-order valence-corrected chi connectivity index (χ1v) is 5.10. The molecule has 0 unspecified atom stereocenters. The molecule has 0 bridgehead atoms. The largest absolute Gasteiger partial charge is 0.370 e. The number of nitrogens with one attached hydrogen (secondary N) is 1. The first-order valence-electron chi connectivity index (χ1n) is 4.30. The van der Waals surface area contributed by atoms with Crippen molar-refractivity contribution in [1.82, 2.24) is 0 Å². The number of anilines is 1. The molecule has 3 N–H and O–H groups in total. The lowest BCUT2D eigenvalue weighted by Gasteiger charge is -2.12. The summed E-state index contributed by atoms with van der Waals surface area (Å²) < 4.78 is 1.07. The molecule has 3 nitrogen and oxygen atoms in total. The SMILES string of the molecule is CN=C(N)Nc1c(C)cc(Br)cc1C. The van der Waals surface area contributed by atoms with E-state index in [1.165, 1.54) is 0 Å². The van der Waals surface area contributed by atoms with E-state index in [0.29, 0.717) is 5.96 Å². The predicted molar refractivity (Wildman–Crippen MR) is 64.8 cm³/mol. The highest BCUT2D eigenvalue weighted by atomic mass is 79.9. The molecule has 0 aliphatic rings. The zero-order valence-electron chi connectivity index (χ0n) is 8.56. The zero-order chi connectivity index (χ0) is 10.7. The minimum Gasteiger partial charge on any atom is -0.370 e. The van der Waals surface area contributed by atoms with Gasteiger partial charge in [-0.3, -0.25) is 4.99 Å². The molecular weight excluding hydrogens is 242 g/mol. The van der Waals surface area contributed by atoms with Crippen molar-refractivity contribution in [2.45, 2.75) is 13.8 Å². The van der Waals surface area contributed by atoms with Crippen LogP contribution in [0, 0.1) is 13.8 Å². The Morgan fingerprint density at radius 1 is 1.36 bits per heavy atom. The quantitative estimate of drug-likeness (QED) is 0.598. The molecule has 0 aliphatic carbocycles. The molecule has 0 fully saturated rings.